The van der Waals surface area contributed by atoms with Gasteiger partial charge in [0.25, 0.3) is 0 Å². The first kappa shape index (κ1) is 16.2. The van der Waals surface area contributed by atoms with Gasteiger partial charge in [-0.3, -0.25) is 4.90 Å². The largest absolute Gasteiger partial charge is 0.392 e. The number of nitrogens with one attached hydrogen (secondary N) is 2. The lowest BCUT2D eigenvalue weighted by molar-refractivity contribution is 0.0381. The predicted octanol–water partition coefficient (Wildman–Crippen LogP) is -0.0742. The lowest BCUT2D eigenvalue weighted by Crippen LogP contribution is -2.48. The van der Waals surface area contributed by atoms with Crippen LogP contribution in [0, 0.1) is 0 Å². The number of β-amino-alcohol motifs (C(OH)–C–C–N with tert-alkyl or cyclic N) is 2. The number of piperidine rings is 3. The van der Waals surface area contributed by atoms with E-state index in [9.17, 15) is 5.11 Å². The van der Waals surface area contributed by atoms with Gasteiger partial charge in [0.2, 0.25) is 0 Å². The number of rotatable bonds is 1. The molecule has 0 spiro atoms. The van der Waals surface area contributed by atoms with E-state index in [1.807, 2.05) is 0 Å². The van der Waals surface area contributed by atoms with Crippen LogP contribution in [0.2, 0.25) is 0 Å². The van der Waals surface area contributed by atoms with E-state index in [2.05, 4.69) is 15.5 Å². The molecule has 118 valence electrons. The molecule has 3 saturated heterocycles. The molecular formula is C15H31N3O2. The highest BCUT2D eigenvalue weighted by atomic mass is 16.3. The smallest absolute Gasteiger partial charge is 0.0667 e. The molecule has 2 atom stereocenters. The summed E-state index contributed by atoms with van der Waals surface area (Å²) in [6, 6.07) is 0.733. The van der Waals surface area contributed by atoms with E-state index in [1.165, 1.54) is 25.8 Å². The zero-order chi connectivity index (χ0) is 14.2. The molecule has 5 nitrogen and oxygen atoms in total. The second-order valence-corrected chi connectivity index (χ2v) is 6.27. The second-order valence-electron chi connectivity index (χ2n) is 6.27. The summed E-state index contributed by atoms with van der Waals surface area (Å²) in [5.41, 5.74) is 0. The number of aliphatic hydroxyl groups excluding tert-OH is 2. The van der Waals surface area contributed by atoms with Crippen LogP contribution in [0.25, 0.3) is 0 Å². The first-order valence-electron chi connectivity index (χ1n) is 8.27. The zero-order valence-electron chi connectivity index (χ0n) is 12.6. The van der Waals surface area contributed by atoms with Crippen molar-refractivity contribution in [3.8, 4) is 0 Å². The maximum atomic E-state index is 9.55. The van der Waals surface area contributed by atoms with E-state index in [0.717, 1.165) is 58.0 Å². The molecule has 3 aliphatic rings. The van der Waals surface area contributed by atoms with Crippen LogP contribution in [0.1, 0.15) is 38.5 Å². The van der Waals surface area contributed by atoms with E-state index in [-0.39, 0.29) is 12.2 Å². The summed E-state index contributed by atoms with van der Waals surface area (Å²) in [6.45, 7) is 6.28. The quantitative estimate of drug-likeness (QED) is 0.543. The normalized spacial score (nSPS) is 33.3. The standard InChI is InChI=1S/C10H20N2O.C5H11NO/c13-10-2-1-7-12(8-10)9-3-5-11-6-4-9;7-5-2-1-3-6-4-5/h9-11,13H,1-8H2;5-7H,1-4H2/t10-;5-/m00/s1. The molecule has 3 rings (SSSR count). The SMILES string of the molecule is O[C@H]1CCCN(C2CCNCC2)C1.O[C@H]1CCCNC1. The molecule has 0 radical (unpaired) electrons. The molecular weight excluding hydrogens is 254 g/mol. The number of hydrogen-bond donors (Lipinski definition) is 4. The van der Waals surface area contributed by atoms with Gasteiger partial charge in [0.05, 0.1) is 12.2 Å². The van der Waals surface area contributed by atoms with Crippen molar-refractivity contribution in [2.24, 2.45) is 0 Å². The summed E-state index contributed by atoms with van der Waals surface area (Å²) >= 11 is 0. The Morgan fingerprint density at radius 1 is 0.800 bits per heavy atom. The molecule has 3 heterocycles. The first-order chi connectivity index (χ1) is 9.75. The van der Waals surface area contributed by atoms with Gasteiger partial charge in [-0.25, -0.2) is 0 Å². The molecule has 0 aromatic heterocycles. The van der Waals surface area contributed by atoms with Crippen molar-refractivity contribution in [1.29, 1.82) is 0 Å². The van der Waals surface area contributed by atoms with Crippen molar-refractivity contribution in [2.45, 2.75) is 56.8 Å². The average molecular weight is 285 g/mol. The molecule has 20 heavy (non-hydrogen) atoms. The lowest BCUT2D eigenvalue weighted by atomic mass is 10.00. The van der Waals surface area contributed by atoms with Crippen LogP contribution in [0.5, 0.6) is 0 Å². The van der Waals surface area contributed by atoms with Crippen LogP contribution < -0.4 is 10.6 Å². The summed E-state index contributed by atoms with van der Waals surface area (Å²) in [5.74, 6) is 0. The van der Waals surface area contributed by atoms with Crippen molar-refractivity contribution in [1.82, 2.24) is 15.5 Å². The third-order valence-electron chi connectivity index (χ3n) is 4.52. The van der Waals surface area contributed by atoms with E-state index in [0.29, 0.717) is 0 Å². The number of likely N-dealkylation sites (tertiary alicyclic amines) is 1. The van der Waals surface area contributed by atoms with E-state index in [4.69, 9.17) is 5.11 Å². The fourth-order valence-electron chi connectivity index (χ4n) is 3.32. The molecule has 0 aromatic carbocycles. The van der Waals surface area contributed by atoms with Gasteiger partial charge in [-0.1, -0.05) is 0 Å². The maximum Gasteiger partial charge on any atom is 0.0667 e. The molecule has 0 aliphatic carbocycles. The van der Waals surface area contributed by atoms with Crippen molar-refractivity contribution >= 4 is 0 Å². The monoisotopic (exact) mass is 285 g/mol. The topological polar surface area (TPSA) is 67.8 Å². The predicted molar refractivity (Wildman–Crippen MR) is 80.8 cm³/mol. The van der Waals surface area contributed by atoms with Gasteiger partial charge in [-0.05, 0) is 64.7 Å². The highest BCUT2D eigenvalue weighted by molar-refractivity contribution is 4.82. The van der Waals surface area contributed by atoms with Gasteiger partial charge in [0.15, 0.2) is 0 Å². The molecule has 0 unspecified atom stereocenters. The van der Waals surface area contributed by atoms with Crippen molar-refractivity contribution in [3.63, 3.8) is 0 Å². The highest BCUT2D eigenvalue weighted by Crippen LogP contribution is 2.18. The van der Waals surface area contributed by atoms with Gasteiger partial charge >= 0.3 is 0 Å². The minimum absolute atomic E-state index is 0.0661. The Balaban J connectivity index is 0.000000178. The Morgan fingerprint density at radius 3 is 2.10 bits per heavy atom. The van der Waals surface area contributed by atoms with Gasteiger partial charge in [0, 0.05) is 19.1 Å². The molecule has 0 aromatic rings. The molecule has 0 amide bonds. The van der Waals surface area contributed by atoms with Crippen LogP contribution in [0.4, 0.5) is 0 Å². The van der Waals surface area contributed by atoms with Crippen molar-refractivity contribution < 1.29 is 10.2 Å². The Labute approximate surface area is 122 Å². The Bertz CT molecular complexity index is 254. The Kier molecular flexibility index (Phi) is 7.24. The Hall–Kier alpha value is -0.200. The minimum Gasteiger partial charge on any atom is -0.392 e. The molecule has 3 fully saturated rings. The summed E-state index contributed by atoms with van der Waals surface area (Å²) in [7, 11) is 0. The Morgan fingerprint density at radius 2 is 1.55 bits per heavy atom. The second kappa shape index (κ2) is 8.95. The van der Waals surface area contributed by atoms with E-state index in [1.54, 1.807) is 0 Å². The average Bonchev–Trinajstić information content (AvgIpc) is 2.50. The lowest BCUT2D eigenvalue weighted by Gasteiger charge is -2.38. The summed E-state index contributed by atoms with van der Waals surface area (Å²) < 4.78 is 0. The third kappa shape index (κ3) is 5.66. The number of hydrogen-bond acceptors (Lipinski definition) is 5. The summed E-state index contributed by atoms with van der Waals surface area (Å²) in [5, 5.41) is 24.9. The third-order valence-corrected chi connectivity index (χ3v) is 4.52. The van der Waals surface area contributed by atoms with Gasteiger partial charge in [-0.2, -0.15) is 0 Å². The van der Waals surface area contributed by atoms with Crippen molar-refractivity contribution in [3.05, 3.63) is 0 Å². The van der Waals surface area contributed by atoms with Crippen LogP contribution >= 0.6 is 0 Å². The molecule has 4 N–H and O–H groups in total. The molecule has 3 aliphatic heterocycles. The van der Waals surface area contributed by atoms with Gasteiger partial charge < -0.3 is 20.8 Å². The zero-order valence-corrected chi connectivity index (χ0v) is 12.6. The summed E-state index contributed by atoms with van der Waals surface area (Å²) in [4.78, 5) is 2.48. The van der Waals surface area contributed by atoms with Gasteiger partial charge in [-0.15, -0.1) is 0 Å². The van der Waals surface area contributed by atoms with Gasteiger partial charge in [0.1, 0.15) is 0 Å². The fraction of sp³-hybridized carbons (Fsp3) is 1.00. The van der Waals surface area contributed by atoms with E-state index >= 15 is 0 Å². The van der Waals surface area contributed by atoms with E-state index < -0.39 is 0 Å². The van der Waals surface area contributed by atoms with Crippen LogP contribution in [0.3, 0.4) is 0 Å². The first-order valence-corrected chi connectivity index (χ1v) is 8.27. The maximum absolute atomic E-state index is 9.55. The number of nitrogens with zero attached hydrogens (tertiary/aromatic N) is 1. The van der Waals surface area contributed by atoms with Crippen LogP contribution in [-0.4, -0.2) is 72.6 Å². The van der Waals surface area contributed by atoms with Crippen LogP contribution in [0.15, 0.2) is 0 Å². The molecule has 0 bridgehead atoms. The molecule has 0 saturated carbocycles. The summed E-state index contributed by atoms with van der Waals surface area (Å²) in [6.07, 6.45) is 6.65. The fourth-order valence-corrected chi connectivity index (χ4v) is 3.32. The molecule has 5 heteroatoms. The highest BCUT2D eigenvalue weighted by Gasteiger charge is 2.25. The van der Waals surface area contributed by atoms with Crippen LogP contribution in [-0.2, 0) is 0 Å². The van der Waals surface area contributed by atoms with Crippen molar-refractivity contribution in [2.75, 3.05) is 39.3 Å². The minimum atomic E-state index is -0.0752. The number of aliphatic hydroxyl groups is 2.